The fourth-order valence-corrected chi connectivity index (χ4v) is 2.01. The van der Waals surface area contributed by atoms with Gasteiger partial charge in [-0.2, -0.15) is 0 Å². The number of hydrogen-bond donors (Lipinski definition) is 1. The lowest BCUT2D eigenvalue weighted by molar-refractivity contribution is -0.142. The van der Waals surface area contributed by atoms with Gasteiger partial charge in [0.1, 0.15) is 6.04 Å². The molecule has 0 spiro atoms. The van der Waals surface area contributed by atoms with E-state index in [1.807, 2.05) is 11.9 Å². The van der Waals surface area contributed by atoms with Crippen LogP contribution in [0.2, 0.25) is 0 Å². The molecular formula is C6H13NO3S. The Morgan fingerprint density at radius 2 is 2.36 bits per heavy atom. The third-order valence-electron chi connectivity index (χ3n) is 1.65. The first-order valence-corrected chi connectivity index (χ1v) is 4.38. The molecule has 0 bridgehead atoms. The van der Waals surface area contributed by atoms with Gasteiger partial charge < -0.3 is 10.6 Å². The van der Waals surface area contributed by atoms with Crippen LogP contribution in [-0.4, -0.2) is 46.2 Å². The first-order chi connectivity index (χ1) is 4.72. The van der Waals surface area contributed by atoms with E-state index in [0.717, 1.165) is 18.1 Å². The molecular weight excluding hydrogens is 166 g/mol. The number of likely N-dealkylation sites (N-methyl/N-ethyl adjacent to an activating group) is 1. The standard InChI is InChI=1S/C6H11NO2S.H2O/c1-7-4-10-3-2-5(7)6(8)9;/h5H,2-4H2,1H3,(H,8,9);1H2. The summed E-state index contributed by atoms with van der Waals surface area (Å²) in [4.78, 5) is 12.4. The van der Waals surface area contributed by atoms with Crippen molar-refractivity contribution in [1.82, 2.24) is 4.90 Å². The van der Waals surface area contributed by atoms with E-state index in [1.54, 1.807) is 11.8 Å². The quantitative estimate of drug-likeness (QED) is 0.596. The molecule has 4 nitrogen and oxygen atoms in total. The van der Waals surface area contributed by atoms with Crippen LogP contribution in [0.15, 0.2) is 0 Å². The summed E-state index contributed by atoms with van der Waals surface area (Å²) in [5.41, 5.74) is 0. The van der Waals surface area contributed by atoms with E-state index in [9.17, 15) is 4.79 Å². The van der Waals surface area contributed by atoms with E-state index in [-0.39, 0.29) is 11.5 Å². The minimum absolute atomic E-state index is 0. The van der Waals surface area contributed by atoms with E-state index >= 15 is 0 Å². The predicted octanol–water partition coefficient (Wildman–Crippen LogP) is -0.359. The summed E-state index contributed by atoms with van der Waals surface area (Å²) in [5, 5.41) is 8.66. The normalized spacial score (nSPS) is 25.7. The second kappa shape index (κ2) is 4.58. The molecule has 0 amide bonds. The second-order valence-electron chi connectivity index (χ2n) is 2.44. The summed E-state index contributed by atoms with van der Waals surface area (Å²) in [7, 11) is 1.85. The topological polar surface area (TPSA) is 72.0 Å². The number of hydrogen-bond acceptors (Lipinski definition) is 3. The number of thioether (sulfide) groups is 1. The number of carboxylic acids is 1. The Labute approximate surface area is 69.9 Å². The van der Waals surface area contributed by atoms with Crippen molar-refractivity contribution in [1.29, 1.82) is 0 Å². The Morgan fingerprint density at radius 3 is 2.73 bits per heavy atom. The Morgan fingerprint density at radius 1 is 1.73 bits per heavy atom. The third-order valence-corrected chi connectivity index (χ3v) is 2.76. The van der Waals surface area contributed by atoms with Gasteiger partial charge in [0.15, 0.2) is 0 Å². The number of nitrogens with zero attached hydrogens (tertiary/aromatic N) is 1. The van der Waals surface area contributed by atoms with Crippen LogP contribution in [0.4, 0.5) is 0 Å². The lowest BCUT2D eigenvalue weighted by atomic mass is 10.2. The molecule has 0 aromatic rings. The third kappa shape index (κ3) is 2.69. The smallest absolute Gasteiger partial charge is 0.320 e. The molecule has 0 aromatic carbocycles. The van der Waals surface area contributed by atoms with Crippen molar-refractivity contribution in [3.05, 3.63) is 0 Å². The summed E-state index contributed by atoms with van der Waals surface area (Å²) < 4.78 is 0. The molecule has 1 aliphatic rings. The highest BCUT2D eigenvalue weighted by Gasteiger charge is 2.24. The van der Waals surface area contributed by atoms with Gasteiger partial charge in [0.05, 0.1) is 0 Å². The molecule has 66 valence electrons. The minimum Gasteiger partial charge on any atom is -0.480 e. The fourth-order valence-electron chi connectivity index (χ4n) is 1.03. The predicted molar refractivity (Wildman–Crippen MR) is 44.7 cm³/mol. The van der Waals surface area contributed by atoms with E-state index < -0.39 is 5.97 Å². The molecule has 1 rings (SSSR count). The maximum absolute atomic E-state index is 10.5. The fraction of sp³-hybridized carbons (Fsp3) is 0.833. The zero-order valence-corrected chi connectivity index (χ0v) is 7.23. The van der Waals surface area contributed by atoms with Crippen LogP contribution in [0.5, 0.6) is 0 Å². The maximum atomic E-state index is 10.5. The van der Waals surface area contributed by atoms with Gasteiger partial charge in [-0.1, -0.05) is 0 Å². The van der Waals surface area contributed by atoms with Crippen LogP contribution in [0, 0.1) is 0 Å². The summed E-state index contributed by atoms with van der Waals surface area (Å²) in [6.45, 7) is 0. The van der Waals surface area contributed by atoms with E-state index in [1.165, 1.54) is 0 Å². The molecule has 1 fully saturated rings. The van der Waals surface area contributed by atoms with Crippen molar-refractivity contribution in [2.45, 2.75) is 12.5 Å². The van der Waals surface area contributed by atoms with Gasteiger partial charge in [-0.15, -0.1) is 11.8 Å². The number of carbonyl (C=O) groups is 1. The van der Waals surface area contributed by atoms with Gasteiger partial charge in [0, 0.05) is 5.88 Å². The molecule has 0 aromatic heterocycles. The summed E-state index contributed by atoms with van der Waals surface area (Å²) in [6.07, 6.45) is 0.774. The van der Waals surface area contributed by atoms with Crippen LogP contribution in [0.1, 0.15) is 6.42 Å². The first-order valence-electron chi connectivity index (χ1n) is 3.22. The van der Waals surface area contributed by atoms with Crippen molar-refractivity contribution in [2.75, 3.05) is 18.7 Å². The Balaban J connectivity index is 0.000001000. The average Bonchev–Trinajstić information content (AvgIpc) is 1.88. The highest BCUT2D eigenvalue weighted by Crippen LogP contribution is 2.17. The van der Waals surface area contributed by atoms with Gasteiger partial charge in [-0.05, 0) is 19.2 Å². The molecule has 1 aliphatic heterocycles. The first kappa shape index (κ1) is 10.7. The van der Waals surface area contributed by atoms with E-state index in [0.29, 0.717) is 0 Å². The molecule has 1 saturated heterocycles. The number of rotatable bonds is 1. The highest BCUT2D eigenvalue weighted by atomic mass is 32.2. The van der Waals surface area contributed by atoms with Crippen LogP contribution in [0.3, 0.4) is 0 Å². The lowest BCUT2D eigenvalue weighted by Gasteiger charge is -2.28. The Kier molecular flexibility index (Phi) is 4.48. The maximum Gasteiger partial charge on any atom is 0.320 e. The molecule has 11 heavy (non-hydrogen) atoms. The molecule has 0 saturated carbocycles. The largest absolute Gasteiger partial charge is 0.480 e. The molecule has 1 heterocycles. The SMILES string of the molecule is CN1CSCCC1C(=O)O.O. The van der Waals surface area contributed by atoms with Crippen molar-refractivity contribution in [2.24, 2.45) is 0 Å². The molecule has 0 aliphatic carbocycles. The van der Waals surface area contributed by atoms with Gasteiger partial charge >= 0.3 is 5.97 Å². The summed E-state index contributed by atoms with van der Waals surface area (Å²) in [5.74, 6) is 1.13. The van der Waals surface area contributed by atoms with Crippen molar-refractivity contribution >= 4 is 17.7 Å². The molecule has 3 N–H and O–H groups in total. The zero-order chi connectivity index (χ0) is 7.56. The number of carboxylic acid groups (broad SMARTS) is 1. The van der Waals surface area contributed by atoms with Crippen LogP contribution in [-0.2, 0) is 4.79 Å². The zero-order valence-electron chi connectivity index (χ0n) is 6.41. The van der Waals surface area contributed by atoms with Crippen molar-refractivity contribution < 1.29 is 15.4 Å². The van der Waals surface area contributed by atoms with Crippen molar-refractivity contribution in [3.8, 4) is 0 Å². The average molecular weight is 179 g/mol. The van der Waals surface area contributed by atoms with Gasteiger partial charge in [0.25, 0.3) is 0 Å². The minimum atomic E-state index is -0.692. The van der Waals surface area contributed by atoms with Crippen LogP contribution in [0.25, 0.3) is 0 Å². The molecule has 0 radical (unpaired) electrons. The van der Waals surface area contributed by atoms with Gasteiger partial charge in [-0.3, -0.25) is 9.69 Å². The van der Waals surface area contributed by atoms with Crippen LogP contribution < -0.4 is 0 Å². The van der Waals surface area contributed by atoms with Gasteiger partial charge in [-0.25, -0.2) is 0 Å². The molecule has 1 unspecified atom stereocenters. The monoisotopic (exact) mass is 179 g/mol. The Hall–Kier alpha value is -0.260. The molecule has 5 heteroatoms. The van der Waals surface area contributed by atoms with Crippen LogP contribution >= 0.6 is 11.8 Å². The van der Waals surface area contributed by atoms with E-state index in [2.05, 4.69) is 0 Å². The van der Waals surface area contributed by atoms with Crippen molar-refractivity contribution in [3.63, 3.8) is 0 Å². The summed E-state index contributed by atoms with van der Waals surface area (Å²) >= 11 is 1.79. The Bertz CT molecular complexity index is 142. The highest BCUT2D eigenvalue weighted by molar-refractivity contribution is 7.99. The lowest BCUT2D eigenvalue weighted by Crippen LogP contribution is -2.41. The van der Waals surface area contributed by atoms with Gasteiger partial charge in [0.2, 0.25) is 0 Å². The number of aliphatic carboxylic acids is 1. The van der Waals surface area contributed by atoms with E-state index in [4.69, 9.17) is 5.11 Å². The second-order valence-corrected chi connectivity index (χ2v) is 3.51. The summed E-state index contributed by atoms with van der Waals surface area (Å²) in [6, 6.07) is -0.249. The molecule has 1 atom stereocenters.